The van der Waals surface area contributed by atoms with Gasteiger partial charge in [-0.2, -0.15) is 5.26 Å². The maximum Gasteiger partial charge on any atom is 0.234 e. The first-order valence-corrected chi connectivity index (χ1v) is 6.55. The van der Waals surface area contributed by atoms with Crippen LogP contribution in [0.2, 0.25) is 0 Å². The second kappa shape index (κ2) is 9.31. The highest BCUT2D eigenvalue weighted by molar-refractivity contribution is 7.85. The lowest BCUT2D eigenvalue weighted by Gasteiger charge is -2.14. The number of carbonyl (C=O) groups excluding carboxylic acids is 1. The molecule has 0 aromatic rings. The molecule has 1 amide bonds. The molecule has 1 unspecified atom stereocenters. The molecule has 92 valence electrons. The van der Waals surface area contributed by atoms with Crippen molar-refractivity contribution in [2.75, 3.05) is 38.8 Å². The van der Waals surface area contributed by atoms with Gasteiger partial charge in [-0.1, -0.05) is 0 Å². The van der Waals surface area contributed by atoms with Crippen LogP contribution >= 0.6 is 0 Å². The summed E-state index contributed by atoms with van der Waals surface area (Å²) < 4.78 is 16.3. The van der Waals surface area contributed by atoms with Crippen molar-refractivity contribution in [2.45, 2.75) is 12.8 Å². The third kappa shape index (κ3) is 7.37. The Balaban J connectivity index is 3.77. The van der Waals surface area contributed by atoms with Gasteiger partial charge < -0.3 is 9.64 Å². The van der Waals surface area contributed by atoms with Crippen molar-refractivity contribution in [3.8, 4) is 6.07 Å². The number of hydrogen-bond acceptors (Lipinski definition) is 4. The first-order valence-electron chi connectivity index (χ1n) is 5.06. The number of ether oxygens (including phenoxy) is 1. The molecule has 0 aromatic carbocycles. The summed E-state index contributed by atoms with van der Waals surface area (Å²) in [5.74, 6) is 0.336. The summed E-state index contributed by atoms with van der Waals surface area (Å²) >= 11 is 0. The minimum Gasteiger partial charge on any atom is -0.385 e. The number of amides is 1. The Morgan fingerprint density at radius 2 is 2.25 bits per heavy atom. The smallest absolute Gasteiger partial charge is 0.234 e. The average Bonchev–Trinajstić information content (AvgIpc) is 2.26. The molecule has 0 fully saturated rings. The summed E-state index contributed by atoms with van der Waals surface area (Å²) in [6.07, 6.45) is 0.997. The van der Waals surface area contributed by atoms with Gasteiger partial charge in [0.25, 0.3) is 0 Å². The second-order valence-corrected chi connectivity index (χ2v) is 4.93. The van der Waals surface area contributed by atoms with Gasteiger partial charge in [-0.3, -0.25) is 9.00 Å². The summed E-state index contributed by atoms with van der Waals surface area (Å²) in [5.41, 5.74) is 0. The highest BCUT2D eigenvalue weighted by Gasteiger charge is 2.12. The fourth-order valence-electron chi connectivity index (χ4n) is 1.03. The van der Waals surface area contributed by atoms with E-state index in [0.29, 0.717) is 31.7 Å². The maximum absolute atomic E-state index is 11.5. The van der Waals surface area contributed by atoms with Gasteiger partial charge in [0, 0.05) is 43.9 Å². The fourth-order valence-corrected chi connectivity index (χ4v) is 2.11. The zero-order valence-corrected chi connectivity index (χ0v) is 10.6. The third-order valence-electron chi connectivity index (χ3n) is 1.99. The molecule has 0 heterocycles. The number of hydrogen-bond donors (Lipinski definition) is 0. The van der Waals surface area contributed by atoms with Crippen LogP contribution in [0.3, 0.4) is 0 Å². The summed E-state index contributed by atoms with van der Waals surface area (Å²) in [6, 6.07) is 1.96. The molecule has 0 aliphatic heterocycles. The minimum atomic E-state index is -1.13. The number of nitrogens with zero attached hydrogens (tertiary/aromatic N) is 2. The molecule has 0 spiro atoms. The van der Waals surface area contributed by atoms with Crippen LogP contribution in [0.15, 0.2) is 0 Å². The Morgan fingerprint density at radius 3 is 2.81 bits per heavy atom. The van der Waals surface area contributed by atoms with Gasteiger partial charge in [0.2, 0.25) is 5.91 Å². The molecule has 6 heteroatoms. The van der Waals surface area contributed by atoms with Gasteiger partial charge in [-0.15, -0.1) is 0 Å². The van der Waals surface area contributed by atoms with Crippen LogP contribution in [0.25, 0.3) is 0 Å². The lowest BCUT2D eigenvalue weighted by Crippen LogP contribution is -2.32. The van der Waals surface area contributed by atoms with Crippen LogP contribution in [0.5, 0.6) is 0 Å². The first-order chi connectivity index (χ1) is 7.61. The topological polar surface area (TPSA) is 70.4 Å². The Labute approximate surface area is 98.8 Å². The molecule has 0 aliphatic carbocycles. The van der Waals surface area contributed by atoms with Gasteiger partial charge in [0.05, 0.1) is 12.5 Å². The summed E-state index contributed by atoms with van der Waals surface area (Å²) in [6.45, 7) is 0.953. The lowest BCUT2D eigenvalue weighted by atomic mass is 10.4. The molecule has 5 nitrogen and oxygen atoms in total. The van der Waals surface area contributed by atoms with E-state index in [2.05, 4.69) is 0 Å². The van der Waals surface area contributed by atoms with Crippen LogP contribution in [0.4, 0.5) is 0 Å². The third-order valence-corrected chi connectivity index (χ3v) is 3.30. The van der Waals surface area contributed by atoms with Crippen LogP contribution in [0.1, 0.15) is 12.8 Å². The Kier molecular flexibility index (Phi) is 8.77. The SMILES string of the molecule is COCCCS(=O)CC(=O)N(C)CCC#N. The predicted octanol–water partition coefficient (Wildman–Crippen LogP) is 0.144. The van der Waals surface area contributed by atoms with Crippen molar-refractivity contribution in [1.29, 1.82) is 5.26 Å². The Morgan fingerprint density at radius 1 is 1.56 bits per heavy atom. The molecule has 1 atom stereocenters. The van der Waals surface area contributed by atoms with Crippen molar-refractivity contribution in [1.82, 2.24) is 4.90 Å². The van der Waals surface area contributed by atoms with Gasteiger partial charge >= 0.3 is 0 Å². The van der Waals surface area contributed by atoms with E-state index in [1.165, 1.54) is 4.90 Å². The van der Waals surface area contributed by atoms with Crippen molar-refractivity contribution in [3.05, 3.63) is 0 Å². The van der Waals surface area contributed by atoms with Crippen LogP contribution in [-0.2, 0) is 20.3 Å². The molecule has 16 heavy (non-hydrogen) atoms. The van der Waals surface area contributed by atoms with E-state index >= 15 is 0 Å². The first kappa shape index (κ1) is 15.1. The summed E-state index contributed by atoms with van der Waals surface area (Å²) in [4.78, 5) is 12.9. The van der Waals surface area contributed by atoms with E-state index < -0.39 is 10.8 Å². The quantitative estimate of drug-likeness (QED) is 0.571. The molecule has 0 radical (unpaired) electrons. The molecular formula is C10H18N2O3S. The number of carbonyl (C=O) groups is 1. The van der Waals surface area contributed by atoms with Crippen molar-refractivity contribution in [2.24, 2.45) is 0 Å². The Hall–Kier alpha value is -0.930. The molecule has 0 saturated carbocycles. The minimum absolute atomic E-state index is 0.0334. The van der Waals surface area contributed by atoms with E-state index in [1.807, 2.05) is 6.07 Å². The Bertz CT molecular complexity index is 276. The van der Waals surface area contributed by atoms with Gasteiger partial charge in [-0.05, 0) is 6.42 Å². The van der Waals surface area contributed by atoms with E-state index in [1.54, 1.807) is 14.2 Å². The standard InChI is InChI=1S/C10H18N2O3S/c1-12(6-3-5-11)10(13)9-16(14)8-4-7-15-2/h3-4,6-9H2,1-2H3. The van der Waals surface area contributed by atoms with E-state index in [0.717, 1.165) is 0 Å². The summed E-state index contributed by atoms with van der Waals surface area (Å²) in [7, 11) is 2.07. The zero-order valence-electron chi connectivity index (χ0n) is 9.77. The molecule has 0 rings (SSSR count). The molecule has 0 bridgehead atoms. The highest BCUT2D eigenvalue weighted by atomic mass is 32.2. The number of methoxy groups -OCH3 is 1. The molecule has 0 N–H and O–H groups in total. The van der Waals surface area contributed by atoms with Crippen molar-refractivity contribution >= 4 is 16.7 Å². The van der Waals surface area contributed by atoms with Crippen molar-refractivity contribution in [3.63, 3.8) is 0 Å². The second-order valence-electron chi connectivity index (χ2n) is 3.36. The van der Waals surface area contributed by atoms with Crippen LogP contribution in [-0.4, -0.2) is 53.8 Å². The molecule has 0 aliphatic rings. The normalized spacial score (nSPS) is 11.8. The van der Waals surface area contributed by atoms with E-state index in [4.69, 9.17) is 10.00 Å². The summed E-state index contributed by atoms with van der Waals surface area (Å²) in [5, 5.41) is 8.36. The fraction of sp³-hybridized carbons (Fsp3) is 0.800. The maximum atomic E-state index is 11.5. The predicted molar refractivity (Wildman–Crippen MR) is 62.2 cm³/mol. The number of rotatable bonds is 8. The zero-order chi connectivity index (χ0) is 12.4. The number of nitriles is 1. The van der Waals surface area contributed by atoms with Gasteiger partial charge in [0.1, 0.15) is 5.75 Å². The van der Waals surface area contributed by atoms with Crippen LogP contribution in [0, 0.1) is 11.3 Å². The van der Waals surface area contributed by atoms with E-state index in [9.17, 15) is 9.00 Å². The van der Waals surface area contributed by atoms with Gasteiger partial charge in [0.15, 0.2) is 0 Å². The molecular weight excluding hydrogens is 228 g/mol. The molecule has 0 aromatic heterocycles. The monoisotopic (exact) mass is 246 g/mol. The highest BCUT2D eigenvalue weighted by Crippen LogP contribution is 1.94. The van der Waals surface area contributed by atoms with Crippen LogP contribution < -0.4 is 0 Å². The van der Waals surface area contributed by atoms with E-state index in [-0.39, 0.29) is 11.7 Å². The van der Waals surface area contributed by atoms with Crippen molar-refractivity contribution < 1.29 is 13.7 Å². The average molecular weight is 246 g/mol. The molecule has 0 saturated heterocycles. The lowest BCUT2D eigenvalue weighted by molar-refractivity contribution is -0.127. The largest absolute Gasteiger partial charge is 0.385 e. The van der Waals surface area contributed by atoms with Gasteiger partial charge in [-0.25, -0.2) is 0 Å².